The number of halogens is 2. The fraction of sp³-hybridized carbons (Fsp3) is 0.200. The molecule has 0 atom stereocenters. The van der Waals surface area contributed by atoms with Crippen LogP contribution in [0, 0.1) is 0 Å². The lowest BCUT2D eigenvalue weighted by atomic mass is 10.2. The lowest BCUT2D eigenvalue weighted by Crippen LogP contribution is -2.23. The number of nitrogen functional groups attached to an aromatic ring is 1. The van der Waals surface area contributed by atoms with Crippen molar-refractivity contribution < 1.29 is 9.42 Å². The Morgan fingerprint density at radius 3 is 2.68 bits per heavy atom. The van der Waals surface area contributed by atoms with Gasteiger partial charge in [-0.3, -0.25) is 4.79 Å². The number of nitrogens with zero attached hydrogens (tertiary/aromatic N) is 7. The van der Waals surface area contributed by atoms with Crippen molar-refractivity contribution in [2.24, 2.45) is 5.10 Å². The van der Waals surface area contributed by atoms with E-state index in [1.165, 1.54) is 10.9 Å². The molecule has 0 saturated heterocycles. The van der Waals surface area contributed by atoms with E-state index >= 15 is 0 Å². The number of carbonyl (C=O) groups is 1. The normalized spacial score (nSPS) is 11.5. The number of rotatable bonds is 6. The molecule has 0 unspecified atom stereocenters. The van der Waals surface area contributed by atoms with Crippen LogP contribution in [0.3, 0.4) is 0 Å². The zero-order valence-electron chi connectivity index (χ0n) is 14.8. The van der Waals surface area contributed by atoms with E-state index < -0.39 is 5.91 Å². The van der Waals surface area contributed by atoms with Gasteiger partial charge in [-0.2, -0.15) is 9.78 Å². The van der Waals surface area contributed by atoms with Gasteiger partial charge in [0.15, 0.2) is 5.69 Å². The minimum atomic E-state index is -0.586. The van der Waals surface area contributed by atoms with Gasteiger partial charge in [0.05, 0.1) is 22.0 Å². The Hall–Kier alpha value is -3.02. The molecule has 0 bridgehead atoms. The molecule has 13 heteroatoms. The number of hydrazone groups is 1. The number of hydrogen-bond acceptors (Lipinski definition) is 9. The quantitative estimate of drug-likeness (QED) is 0.447. The lowest BCUT2D eigenvalue weighted by Gasteiger charge is -2.11. The predicted molar refractivity (Wildman–Crippen MR) is 103 cm³/mol. The number of hydrogen-bond donors (Lipinski definition) is 2. The smallest absolute Gasteiger partial charge is 0.293 e. The molecule has 3 rings (SSSR count). The summed E-state index contributed by atoms with van der Waals surface area (Å²) in [4.78, 5) is 14.4. The minimum Gasteiger partial charge on any atom is -0.378 e. The maximum absolute atomic E-state index is 12.6. The molecule has 0 aliphatic carbocycles. The number of amides is 1. The molecule has 1 aromatic carbocycles. The van der Waals surface area contributed by atoms with Gasteiger partial charge >= 0.3 is 0 Å². The van der Waals surface area contributed by atoms with E-state index in [-0.39, 0.29) is 17.3 Å². The summed E-state index contributed by atoms with van der Waals surface area (Å²) in [5.74, 6) is -0.435. The fourth-order valence-electron chi connectivity index (χ4n) is 2.27. The van der Waals surface area contributed by atoms with Crippen molar-refractivity contribution in [1.29, 1.82) is 0 Å². The average Bonchev–Trinajstić information content (AvgIpc) is 3.22. The first kappa shape index (κ1) is 19.7. The molecular formula is C15H15Cl2N9O2. The van der Waals surface area contributed by atoms with Crippen LogP contribution in [-0.2, 0) is 6.54 Å². The highest BCUT2D eigenvalue weighted by Gasteiger charge is 2.24. The third-order valence-corrected chi connectivity index (χ3v) is 4.16. The van der Waals surface area contributed by atoms with E-state index in [0.717, 1.165) is 0 Å². The maximum Gasteiger partial charge on any atom is 0.293 e. The Balaban J connectivity index is 1.86. The van der Waals surface area contributed by atoms with Gasteiger partial charge in [-0.15, -0.1) is 5.10 Å². The fourth-order valence-corrected chi connectivity index (χ4v) is 2.76. The highest BCUT2D eigenvalue weighted by atomic mass is 35.5. The van der Waals surface area contributed by atoms with Crippen LogP contribution in [0.5, 0.6) is 0 Å². The highest BCUT2D eigenvalue weighted by Crippen LogP contribution is 2.22. The third kappa shape index (κ3) is 4.11. The summed E-state index contributed by atoms with van der Waals surface area (Å²) in [6.45, 7) is 0.322. The Bertz CT molecular complexity index is 1010. The molecule has 3 aromatic rings. The molecule has 0 aliphatic rings. The summed E-state index contributed by atoms with van der Waals surface area (Å²) >= 11 is 12.1. The predicted octanol–water partition coefficient (Wildman–Crippen LogP) is 1.36. The van der Waals surface area contributed by atoms with Crippen LogP contribution in [-0.4, -0.2) is 56.4 Å². The summed E-state index contributed by atoms with van der Waals surface area (Å²) < 4.78 is 5.88. The molecule has 0 spiro atoms. The van der Waals surface area contributed by atoms with Crippen molar-refractivity contribution in [2.75, 3.05) is 19.8 Å². The van der Waals surface area contributed by atoms with E-state index in [0.29, 0.717) is 27.8 Å². The number of benzene rings is 1. The molecule has 2 aromatic heterocycles. The summed E-state index contributed by atoms with van der Waals surface area (Å²) in [6.07, 6.45) is 1.35. The first-order chi connectivity index (χ1) is 13.4. The van der Waals surface area contributed by atoms with Crippen molar-refractivity contribution in [2.45, 2.75) is 6.54 Å². The van der Waals surface area contributed by atoms with Gasteiger partial charge in [-0.25, -0.2) is 10.1 Å². The summed E-state index contributed by atoms with van der Waals surface area (Å²) in [7, 11) is 3.64. The van der Waals surface area contributed by atoms with Crippen LogP contribution in [0.25, 0.3) is 5.82 Å². The average molecular weight is 424 g/mol. The van der Waals surface area contributed by atoms with Crippen molar-refractivity contribution in [3.05, 3.63) is 45.2 Å². The second kappa shape index (κ2) is 8.33. The standard InChI is InChI=1S/C15H15Cl2N9O2/c1-25(2)7-11-12(20-24-26(11)14-13(18)22-28-23-14)15(27)21-19-6-8-9(16)4-3-5-10(8)17/h3-6H,7H2,1-2H3,(H2,18,22)(H,21,27)/b19-6+. The summed E-state index contributed by atoms with van der Waals surface area (Å²) in [6, 6.07) is 5.03. The van der Waals surface area contributed by atoms with Gasteiger partial charge in [0, 0.05) is 12.1 Å². The summed E-state index contributed by atoms with van der Waals surface area (Å²) in [5, 5.41) is 19.7. The topological polar surface area (TPSA) is 140 Å². The molecule has 28 heavy (non-hydrogen) atoms. The van der Waals surface area contributed by atoms with Crippen LogP contribution >= 0.6 is 23.2 Å². The van der Waals surface area contributed by atoms with Gasteiger partial charge in [0.25, 0.3) is 5.91 Å². The van der Waals surface area contributed by atoms with Crippen molar-refractivity contribution in [1.82, 2.24) is 35.6 Å². The molecule has 11 nitrogen and oxygen atoms in total. The zero-order chi connectivity index (χ0) is 20.3. The van der Waals surface area contributed by atoms with E-state index in [4.69, 9.17) is 28.9 Å². The molecule has 1 amide bonds. The second-order valence-corrected chi connectivity index (χ2v) is 6.66. The zero-order valence-corrected chi connectivity index (χ0v) is 16.3. The van der Waals surface area contributed by atoms with Crippen LogP contribution in [0.15, 0.2) is 27.9 Å². The molecule has 0 saturated carbocycles. The largest absolute Gasteiger partial charge is 0.378 e. The van der Waals surface area contributed by atoms with Gasteiger partial charge < -0.3 is 10.6 Å². The highest BCUT2D eigenvalue weighted by molar-refractivity contribution is 6.38. The van der Waals surface area contributed by atoms with Crippen LogP contribution < -0.4 is 11.2 Å². The Morgan fingerprint density at radius 2 is 2.07 bits per heavy atom. The molecule has 0 fully saturated rings. The van der Waals surface area contributed by atoms with E-state index in [1.54, 1.807) is 18.2 Å². The van der Waals surface area contributed by atoms with Crippen LogP contribution in [0.4, 0.5) is 5.82 Å². The molecule has 0 aliphatic heterocycles. The number of nitrogens with one attached hydrogen (secondary N) is 1. The molecule has 2 heterocycles. The Morgan fingerprint density at radius 1 is 1.36 bits per heavy atom. The molecule has 0 radical (unpaired) electrons. The van der Waals surface area contributed by atoms with Crippen LogP contribution in [0.1, 0.15) is 21.7 Å². The molecule has 146 valence electrons. The number of anilines is 1. The van der Waals surface area contributed by atoms with Gasteiger partial charge in [-0.05, 0) is 36.5 Å². The van der Waals surface area contributed by atoms with Crippen molar-refractivity contribution >= 4 is 41.1 Å². The first-order valence-electron chi connectivity index (χ1n) is 7.83. The van der Waals surface area contributed by atoms with Crippen molar-refractivity contribution in [3.8, 4) is 5.82 Å². The van der Waals surface area contributed by atoms with Crippen molar-refractivity contribution in [3.63, 3.8) is 0 Å². The SMILES string of the molecule is CN(C)Cc1c(C(=O)N/N=C/c2c(Cl)cccc2Cl)nnn1-c1nonc1N. The minimum absolute atomic E-state index is 0.0169. The first-order valence-corrected chi connectivity index (χ1v) is 8.59. The number of carbonyl (C=O) groups excluding carboxylic acids is 1. The van der Waals surface area contributed by atoms with Gasteiger partial charge in [0.2, 0.25) is 11.6 Å². The van der Waals surface area contributed by atoms with E-state index in [9.17, 15) is 4.79 Å². The van der Waals surface area contributed by atoms with Crippen LogP contribution in [0.2, 0.25) is 10.0 Å². The van der Waals surface area contributed by atoms with E-state index in [1.807, 2.05) is 19.0 Å². The Labute approximate surface area is 169 Å². The lowest BCUT2D eigenvalue weighted by molar-refractivity contribution is 0.0948. The number of nitrogens with two attached hydrogens (primary N) is 1. The Kier molecular flexibility index (Phi) is 5.87. The van der Waals surface area contributed by atoms with E-state index in [2.05, 4.69) is 35.8 Å². The third-order valence-electron chi connectivity index (χ3n) is 3.50. The molecular weight excluding hydrogens is 409 g/mol. The maximum atomic E-state index is 12.6. The summed E-state index contributed by atoms with van der Waals surface area (Å²) in [5.41, 5.74) is 9.03. The molecule has 3 N–H and O–H groups in total. The van der Waals surface area contributed by atoms with Gasteiger partial charge in [-0.1, -0.05) is 34.5 Å². The monoisotopic (exact) mass is 423 g/mol. The number of aromatic nitrogens is 5. The van der Waals surface area contributed by atoms with Gasteiger partial charge in [0.1, 0.15) is 0 Å². The second-order valence-electron chi connectivity index (χ2n) is 5.84.